The van der Waals surface area contributed by atoms with Crippen molar-refractivity contribution in [2.45, 2.75) is 20.3 Å². The summed E-state index contributed by atoms with van der Waals surface area (Å²) in [7, 11) is 0. The van der Waals surface area contributed by atoms with E-state index in [4.69, 9.17) is 28.9 Å². The number of pyridine rings is 1. The van der Waals surface area contributed by atoms with Gasteiger partial charge in [-0.1, -0.05) is 43.1 Å². The molecule has 0 aliphatic heterocycles. The van der Waals surface area contributed by atoms with Gasteiger partial charge in [0.1, 0.15) is 9.71 Å². The van der Waals surface area contributed by atoms with Crippen LogP contribution in [0, 0.1) is 5.92 Å². The lowest BCUT2D eigenvalue weighted by atomic mass is 10.1. The van der Waals surface area contributed by atoms with Crippen LogP contribution < -0.4 is 11.1 Å². The van der Waals surface area contributed by atoms with Crippen molar-refractivity contribution in [3.8, 4) is 11.3 Å². The highest BCUT2D eigenvalue weighted by atomic mass is 35.5. The molecule has 0 spiro atoms. The fraction of sp³-hybridized carbons (Fsp3) is 0.190. The molecule has 0 atom stereocenters. The van der Waals surface area contributed by atoms with E-state index in [9.17, 15) is 4.79 Å². The number of thiazole rings is 1. The number of hydrogen-bond donors (Lipinski definition) is 2. The molecule has 0 aliphatic rings. The third kappa shape index (κ3) is 4.30. The quantitative estimate of drug-likeness (QED) is 0.333. The van der Waals surface area contributed by atoms with Gasteiger partial charge in [0, 0.05) is 22.0 Å². The number of nitrogens with zero attached hydrogens (tertiary/aromatic N) is 2. The zero-order valence-corrected chi connectivity index (χ0v) is 19.3. The number of anilines is 2. The number of nitrogens with two attached hydrogens (primary N) is 1. The molecule has 30 heavy (non-hydrogen) atoms. The first-order chi connectivity index (χ1) is 14.3. The number of amides is 1. The summed E-state index contributed by atoms with van der Waals surface area (Å²) in [5.74, 6) is 0.209. The molecule has 0 radical (unpaired) electrons. The topological polar surface area (TPSA) is 80.9 Å². The first-order valence-corrected chi connectivity index (χ1v) is 11.7. The molecular weight excluding hydrogens is 459 g/mol. The zero-order valence-electron chi connectivity index (χ0n) is 16.2. The fourth-order valence-corrected chi connectivity index (χ4v) is 5.03. The van der Waals surface area contributed by atoms with Gasteiger partial charge in [-0.25, -0.2) is 9.97 Å². The van der Waals surface area contributed by atoms with Crippen molar-refractivity contribution < 1.29 is 4.79 Å². The lowest BCUT2D eigenvalue weighted by Crippen LogP contribution is -2.11. The van der Waals surface area contributed by atoms with Gasteiger partial charge in [-0.15, -0.1) is 22.7 Å². The Hall–Kier alpha value is -2.19. The van der Waals surface area contributed by atoms with E-state index in [1.807, 2.05) is 23.6 Å². The number of aromatic nitrogens is 2. The van der Waals surface area contributed by atoms with Gasteiger partial charge in [0.25, 0.3) is 5.91 Å². The number of halogens is 2. The largest absolute Gasteiger partial charge is 0.397 e. The van der Waals surface area contributed by atoms with Crippen molar-refractivity contribution in [3.63, 3.8) is 0 Å². The number of carbonyl (C=O) groups is 1. The molecule has 0 fully saturated rings. The molecule has 4 aromatic rings. The number of nitrogen functional groups attached to an aromatic ring is 1. The fourth-order valence-electron chi connectivity index (χ4n) is 3.01. The summed E-state index contributed by atoms with van der Waals surface area (Å²) in [6.07, 6.45) is 0.881. The summed E-state index contributed by atoms with van der Waals surface area (Å²) >= 11 is 14.7. The van der Waals surface area contributed by atoms with Crippen LogP contribution in [0.15, 0.2) is 35.7 Å². The summed E-state index contributed by atoms with van der Waals surface area (Å²) in [6, 6.07) is 9.20. The van der Waals surface area contributed by atoms with Crippen LogP contribution in [0.2, 0.25) is 10.0 Å². The van der Waals surface area contributed by atoms with Crippen molar-refractivity contribution in [1.82, 2.24) is 9.97 Å². The molecule has 1 aromatic carbocycles. The number of rotatable bonds is 5. The molecule has 154 valence electrons. The molecular formula is C21H18Cl2N4OS2. The standard InChI is InChI=1S/C21H18Cl2N4OS2/c1-10(2)7-12-4-5-13-17(24)18(30-20(13)25-12)19(28)27-21-26-16(9-29-21)11-3-6-14(22)15(23)8-11/h3-6,8-10H,7,24H2,1-2H3,(H,26,27,28). The summed E-state index contributed by atoms with van der Waals surface area (Å²) in [5.41, 5.74) is 9.21. The SMILES string of the molecule is CC(C)Cc1ccc2c(N)c(C(=O)Nc3nc(-c4ccc(Cl)c(Cl)c4)cs3)sc2n1. The molecule has 1 amide bonds. The summed E-state index contributed by atoms with van der Waals surface area (Å²) in [4.78, 5) is 23.2. The predicted molar refractivity (Wildman–Crippen MR) is 128 cm³/mol. The van der Waals surface area contributed by atoms with Crippen LogP contribution in [0.3, 0.4) is 0 Å². The van der Waals surface area contributed by atoms with Crippen molar-refractivity contribution in [3.05, 3.63) is 56.3 Å². The molecule has 9 heteroatoms. The monoisotopic (exact) mass is 476 g/mol. The zero-order chi connectivity index (χ0) is 21.4. The van der Waals surface area contributed by atoms with Crippen molar-refractivity contribution in [2.75, 3.05) is 11.1 Å². The second kappa shape index (κ2) is 8.51. The third-order valence-electron chi connectivity index (χ3n) is 4.42. The van der Waals surface area contributed by atoms with Gasteiger partial charge < -0.3 is 5.73 Å². The molecule has 0 aliphatic carbocycles. The molecule has 4 rings (SSSR count). The van der Waals surface area contributed by atoms with Crippen LogP contribution in [-0.4, -0.2) is 15.9 Å². The van der Waals surface area contributed by atoms with Crippen molar-refractivity contribution in [1.29, 1.82) is 0 Å². The Kier molecular flexibility index (Phi) is 5.97. The molecule has 5 nitrogen and oxygen atoms in total. The number of carbonyl (C=O) groups excluding carboxylic acids is 1. The van der Waals surface area contributed by atoms with E-state index in [2.05, 4.69) is 29.1 Å². The smallest absolute Gasteiger partial charge is 0.269 e. The Balaban J connectivity index is 1.56. The average Bonchev–Trinajstić information content (AvgIpc) is 3.28. The maximum atomic E-state index is 12.8. The van der Waals surface area contributed by atoms with Gasteiger partial charge in [0.05, 0.1) is 21.4 Å². The van der Waals surface area contributed by atoms with Gasteiger partial charge in [0.15, 0.2) is 5.13 Å². The first-order valence-electron chi connectivity index (χ1n) is 9.22. The second-order valence-corrected chi connectivity index (χ2v) is 9.89. The van der Waals surface area contributed by atoms with Gasteiger partial charge in [-0.3, -0.25) is 10.1 Å². The van der Waals surface area contributed by atoms with E-state index in [1.54, 1.807) is 12.1 Å². The maximum absolute atomic E-state index is 12.8. The molecule has 0 unspecified atom stereocenters. The summed E-state index contributed by atoms with van der Waals surface area (Å²) in [6.45, 7) is 4.29. The van der Waals surface area contributed by atoms with Crippen LogP contribution in [-0.2, 0) is 6.42 Å². The Morgan fingerprint density at radius 1 is 1.17 bits per heavy atom. The van der Waals surface area contributed by atoms with Gasteiger partial charge >= 0.3 is 0 Å². The molecule has 3 N–H and O–H groups in total. The Morgan fingerprint density at radius 3 is 2.70 bits per heavy atom. The Labute approximate surface area is 191 Å². The minimum Gasteiger partial charge on any atom is -0.397 e. The van der Waals surface area contributed by atoms with Crippen LogP contribution >= 0.6 is 45.9 Å². The molecule has 0 bridgehead atoms. The second-order valence-electron chi connectivity index (χ2n) is 7.22. The minimum atomic E-state index is -0.295. The number of benzene rings is 1. The summed E-state index contributed by atoms with van der Waals surface area (Å²) < 4.78 is 0. The van der Waals surface area contributed by atoms with Gasteiger partial charge in [-0.05, 0) is 36.6 Å². The first kappa shape index (κ1) is 21.1. The normalized spacial score (nSPS) is 11.4. The van der Waals surface area contributed by atoms with Gasteiger partial charge in [0.2, 0.25) is 0 Å². The van der Waals surface area contributed by atoms with Crippen molar-refractivity contribution in [2.24, 2.45) is 5.92 Å². The highest BCUT2D eigenvalue weighted by Gasteiger charge is 2.19. The highest BCUT2D eigenvalue weighted by Crippen LogP contribution is 2.34. The Bertz CT molecular complexity index is 1250. The molecule has 0 saturated heterocycles. The van der Waals surface area contributed by atoms with Crippen LogP contribution in [0.5, 0.6) is 0 Å². The van der Waals surface area contributed by atoms with Crippen LogP contribution in [0.25, 0.3) is 21.5 Å². The summed E-state index contributed by atoms with van der Waals surface area (Å²) in [5, 5.41) is 6.90. The van der Waals surface area contributed by atoms with Gasteiger partial charge in [-0.2, -0.15) is 0 Å². The molecule has 3 heterocycles. The van der Waals surface area contributed by atoms with E-state index in [0.717, 1.165) is 27.9 Å². The van der Waals surface area contributed by atoms with Crippen LogP contribution in [0.4, 0.5) is 10.8 Å². The number of nitrogens with one attached hydrogen (secondary N) is 1. The van der Waals surface area contributed by atoms with E-state index < -0.39 is 0 Å². The third-order valence-corrected chi connectivity index (χ3v) is 7.03. The Morgan fingerprint density at radius 2 is 1.97 bits per heavy atom. The predicted octanol–water partition coefficient (Wildman–Crippen LogP) is 6.76. The number of thiophene rings is 1. The molecule has 3 aromatic heterocycles. The van der Waals surface area contributed by atoms with E-state index >= 15 is 0 Å². The van der Waals surface area contributed by atoms with Crippen LogP contribution in [0.1, 0.15) is 29.2 Å². The highest BCUT2D eigenvalue weighted by molar-refractivity contribution is 7.21. The maximum Gasteiger partial charge on any atom is 0.269 e. The number of fused-ring (bicyclic) bond motifs is 1. The lowest BCUT2D eigenvalue weighted by molar-refractivity contribution is 0.103. The van der Waals surface area contributed by atoms with Crippen molar-refractivity contribution >= 4 is 72.8 Å². The lowest BCUT2D eigenvalue weighted by Gasteiger charge is -2.03. The number of hydrogen-bond acceptors (Lipinski definition) is 6. The average molecular weight is 477 g/mol. The van der Waals surface area contributed by atoms with E-state index in [-0.39, 0.29) is 5.91 Å². The molecule has 0 saturated carbocycles. The van der Waals surface area contributed by atoms with E-state index in [0.29, 0.717) is 37.4 Å². The van der Waals surface area contributed by atoms with E-state index in [1.165, 1.54) is 22.7 Å². The minimum absolute atomic E-state index is 0.295.